The predicted molar refractivity (Wildman–Crippen MR) is 118 cm³/mol. The highest BCUT2D eigenvalue weighted by Gasteiger charge is 2.29. The molecule has 0 atom stereocenters. The first-order chi connectivity index (χ1) is 15.2. The van der Waals surface area contributed by atoms with E-state index >= 15 is 0 Å². The van der Waals surface area contributed by atoms with Crippen LogP contribution in [0.3, 0.4) is 0 Å². The number of aryl methyl sites for hydroxylation is 1. The van der Waals surface area contributed by atoms with Crippen LogP contribution in [0.2, 0.25) is 0 Å². The van der Waals surface area contributed by atoms with Crippen molar-refractivity contribution in [1.82, 2.24) is 9.78 Å². The van der Waals surface area contributed by atoms with Crippen LogP contribution < -0.4 is 0 Å². The molecular weight excluding hydrogens is 437 g/mol. The van der Waals surface area contributed by atoms with Crippen molar-refractivity contribution in [1.29, 1.82) is 5.26 Å². The molecule has 0 aliphatic carbocycles. The molecule has 3 rings (SSSR count). The summed E-state index contributed by atoms with van der Waals surface area (Å²) in [6, 6.07) is 16.9. The second-order valence-corrected chi connectivity index (χ2v) is 7.92. The summed E-state index contributed by atoms with van der Waals surface area (Å²) in [7, 11) is 1.46. The Morgan fingerprint density at radius 2 is 1.84 bits per heavy atom. The lowest BCUT2D eigenvalue weighted by Gasteiger charge is -2.08. The van der Waals surface area contributed by atoms with Gasteiger partial charge in [-0.25, -0.2) is 4.99 Å². The van der Waals surface area contributed by atoms with Crippen molar-refractivity contribution < 1.29 is 17.9 Å². The summed E-state index contributed by atoms with van der Waals surface area (Å²) in [4.78, 5) is 4.47. The Labute approximate surface area is 187 Å². The van der Waals surface area contributed by atoms with E-state index < -0.39 is 5.51 Å². The minimum Gasteiger partial charge on any atom is -0.479 e. The minimum absolute atomic E-state index is 0.0853. The molecular formula is C23H19F3N4OS. The first-order valence-corrected chi connectivity index (χ1v) is 10.2. The van der Waals surface area contributed by atoms with E-state index in [0.29, 0.717) is 29.1 Å². The van der Waals surface area contributed by atoms with Gasteiger partial charge >= 0.3 is 5.51 Å². The number of alkyl halides is 3. The first kappa shape index (κ1) is 23.2. The van der Waals surface area contributed by atoms with Crippen LogP contribution in [0.5, 0.6) is 0 Å². The Morgan fingerprint density at radius 1 is 1.19 bits per heavy atom. The quantitative estimate of drug-likeness (QED) is 0.268. The van der Waals surface area contributed by atoms with Crippen LogP contribution in [0.4, 0.5) is 13.2 Å². The maximum atomic E-state index is 12.5. The number of aromatic nitrogens is 2. The van der Waals surface area contributed by atoms with Crippen molar-refractivity contribution >= 4 is 23.4 Å². The molecule has 0 amide bonds. The highest BCUT2D eigenvalue weighted by Crippen LogP contribution is 2.37. The van der Waals surface area contributed by atoms with Crippen LogP contribution in [0.1, 0.15) is 28.1 Å². The summed E-state index contributed by atoms with van der Waals surface area (Å²) >= 11 is -0.175. The largest absolute Gasteiger partial charge is 0.479 e. The third-order valence-corrected chi connectivity index (χ3v) is 5.21. The highest BCUT2D eigenvalue weighted by molar-refractivity contribution is 8.00. The summed E-state index contributed by atoms with van der Waals surface area (Å²) in [6.07, 6.45) is 0. The van der Waals surface area contributed by atoms with Crippen molar-refractivity contribution in [3.63, 3.8) is 0 Å². The average molecular weight is 456 g/mol. The number of benzene rings is 2. The van der Waals surface area contributed by atoms with Gasteiger partial charge in [0.05, 0.1) is 31.0 Å². The van der Waals surface area contributed by atoms with E-state index in [1.165, 1.54) is 31.4 Å². The zero-order valence-electron chi connectivity index (χ0n) is 17.3. The van der Waals surface area contributed by atoms with Gasteiger partial charge in [0.1, 0.15) is 5.69 Å². The molecule has 5 nitrogen and oxygen atoms in total. The maximum absolute atomic E-state index is 12.5. The van der Waals surface area contributed by atoms with Crippen LogP contribution in [-0.4, -0.2) is 28.3 Å². The molecule has 0 spiro atoms. The molecule has 0 bridgehead atoms. The topological polar surface area (TPSA) is 63.2 Å². The van der Waals surface area contributed by atoms with E-state index in [1.54, 1.807) is 16.8 Å². The van der Waals surface area contributed by atoms with Crippen molar-refractivity contribution in [3.05, 3.63) is 89.3 Å². The van der Waals surface area contributed by atoms with Crippen LogP contribution in [0.25, 0.3) is 5.70 Å². The van der Waals surface area contributed by atoms with Crippen LogP contribution in [-0.2, 0) is 11.3 Å². The van der Waals surface area contributed by atoms with E-state index in [4.69, 9.17) is 10.00 Å². The molecule has 0 aliphatic rings. The number of ether oxygens (including phenoxy) is 1. The Hall–Kier alpha value is -3.51. The molecule has 0 radical (unpaired) electrons. The molecule has 3 aromatic rings. The molecule has 1 aromatic heterocycles. The van der Waals surface area contributed by atoms with Crippen LogP contribution >= 0.6 is 11.8 Å². The zero-order chi connectivity index (χ0) is 23.3. The molecule has 0 saturated heterocycles. The molecule has 9 heteroatoms. The number of aliphatic imine (C=N–C) groups is 1. The van der Waals surface area contributed by atoms with Gasteiger partial charge in [0.2, 0.25) is 5.90 Å². The van der Waals surface area contributed by atoms with Gasteiger partial charge in [-0.2, -0.15) is 23.5 Å². The van der Waals surface area contributed by atoms with Gasteiger partial charge in [-0.3, -0.25) is 4.68 Å². The maximum Gasteiger partial charge on any atom is 0.446 e. The monoisotopic (exact) mass is 456 g/mol. The predicted octanol–water partition coefficient (Wildman–Crippen LogP) is 5.79. The van der Waals surface area contributed by atoms with Gasteiger partial charge < -0.3 is 4.74 Å². The number of nitriles is 1. The average Bonchev–Trinajstić information content (AvgIpc) is 3.11. The summed E-state index contributed by atoms with van der Waals surface area (Å²) in [6.45, 7) is 6.31. The van der Waals surface area contributed by atoms with Crippen molar-refractivity contribution in [2.45, 2.75) is 23.9 Å². The van der Waals surface area contributed by atoms with Crippen molar-refractivity contribution in [2.24, 2.45) is 4.99 Å². The van der Waals surface area contributed by atoms with Gasteiger partial charge in [-0.05, 0) is 60.1 Å². The molecule has 0 aliphatic heterocycles. The second-order valence-electron chi connectivity index (χ2n) is 6.78. The van der Waals surface area contributed by atoms with Crippen LogP contribution in [0, 0.1) is 18.3 Å². The fourth-order valence-corrected chi connectivity index (χ4v) is 3.42. The first-order valence-electron chi connectivity index (χ1n) is 9.40. The Balaban J connectivity index is 1.77. The van der Waals surface area contributed by atoms with Gasteiger partial charge in [0.25, 0.3) is 0 Å². The third kappa shape index (κ3) is 6.02. The van der Waals surface area contributed by atoms with Gasteiger partial charge in [0, 0.05) is 10.6 Å². The number of methoxy groups -OCH3 is 1. The summed E-state index contributed by atoms with van der Waals surface area (Å²) < 4.78 is 44.7. The molecule has 164 valence electrons. The fourth-order valence-electron chi connectivity index (χ4n) is 2.88. The summed E-state index contributed by atoms with van der Waals surface area (Å²) in [5, 5.41) is 13.5. The van der Waals surface area contributed by atoms with E-state index in [0.717, 1.165) is 11.3 Å². The minimum atomic E-state index is -4.34. The second kappa shape index (κ2) is 9.75. The molecule has 0 N–H and O–H groups in total. The third-order valence-electron chi connectivity index (χ3n) is 4.47. The SMILES string of the molecule is C=C(N=C(OC)c1cc(C)n(Cc2ccc(C#N)cc2)n1)c1ccc(SC(F)(F)F)cc1. The Bertz CT molecular complexity index is 1170. The smallest absolute Gasteiger partial charge is 0.446 e. The molecule has 0 unspecified atom stereocenters. The van der Waals surface area contributed by atoms with E-state index in [1.807, 2.05) is 25.1 Å². The lowest BCUT2D eigenvalue weighted by atomic mass is 10.1. The highest BCUT2D eigenvalue weighted by atomic mass is 32.2. The standard InChI is InChI=1S/C23H19F3N4OS/c1-15-12-21(29-30(15)14-18-6-4-17(13-27)5-7-18)22(31-3)28-16(2)19-8-10-20(11-9-19)32-23(24,25)26/h4-12H,2,14H2,1,3H3. The Kier molecular flexibility index (Phi) is 7.05. The molecule has 0 saturated carbocycles. The number of nitrogens with zero attached hydrogens (tertiary/aromatic N) is 4. The lowest BCUT2D eigenvalue weighted by molar-refractivity contribution is -0.0328. The number of hydrogen-bond donors (Lipinski definition) is 0. The van der Waals surface area contributed by atoms with E-state index in [2.05, 4.69) is 22.7 Å². The summed E-state index contributed by atoms with van der Waals surface area (Å²) in [5.41, 5.74) is -0.474. The number of halogens is 3. The Morgan fingerprint density at radius 3 is 2.41 bits per heavy atom. The van der Waals surface area contributed by atoms with Gasteiger partial charge in [0.15, 0.2) is 0 Å². The van der Waals surface area contributed by atoms with Gasteiger partial charge in [-0.1, -0.05) is 30.8 Å². The molecule has 0 fully saturated rings. The number of hydrogen-bond acceptors (Lipinski definition) is 5. The number of thioether (sulfide) groups is 1. The van der Waals surface area contributed by atoms with E-state index in [9.17, 15) is 13.2 Å². The van der Waals surface area contributed by atoms with Gasteiger partial charge in [-0.15, -0.1) is 0 Å². The fraction of sp³-hybridized carbons (Fsp3) is 0.174. The van der Waals surface area contributed by atoms with Crippen molar-refractivity contribution in [2.75, 3.05) is 7.11 Å². The van der Waals surface area contributed by atoms with Crippen molar-refractivity contribution in [3.8, 4) is 6.07 Å². The van der Waals surface area contributed by atoms with Crippen LogP contribution in [0.15, 0.2) is 71.1 Å². The lowest BCUT2D eigenvalue weighted by Crippen LogP contribution is -2.08. The summed E-state index contributed by atoms with van der Waals surface area (Å²) in [5.74, 6) is 0.241. The molecule has 32 heavy (non-hydrogen) atoms. The molecule has 2 aromatic carbocycles. The number of rotatable bonds is 6. The molecule has 1 heterocycles. The normalized spacial score (nSPS) is 11.8. The zero-order valence-corrected chi connectivity index (χ0v) is 18.2. The van der Waals surface area contributed by atoms with E-state index in [-0.39, 0.29) is 22.6 Å².